The summed E-state index contributed by atoms with van der Waals surface area (Å²) in [5.41, 5.74) is 1.10. The van der Waals surface area contributed by atoms with Crippen molar-refractivity contribution in [1.29, 1.82) is 0 Å². The van der Waals surface area contributed by atoms with Crippen molar-refractivity contribution in [2.75, 3.05) is 5.32 Å². The molecule has 2 atom stereocenters. The lowest BCUT2D eigenvalue weighted by Gasteiger charge is -2.39. The molecule has 0 amide bonds. The van der Waals surface area contributed by atoms with Crippen LogP contribution in [0.5, 0.6) is 0 Å². The molecule has 1 aromatic carbocycles. The van der Waals surface area contributed by atoms with Crippen molar-refractivity contribution in [1.82, 2.24) is 5.32 Å². The largest absolute Gasteiger partial charge is 0.360 e. The highest BCUT2D eigenvalue weighted by Gasteiger charge is 2.32. The van der Waals surface area contributed by atoms with Crippen LogP contribution in [0.25, 0.3) is 0 Å². The van der Waals surface area contributed by atoms with Crippen LogP contribution in [-0.4, -0.2) is 11.2 Å². The molecule has 0 aliphatic heterocycles. The van der Waals surface area contributed by atoms with Crippen LogP contribution in [0.3, 0.4) is 0 Å². The number of thiocarbonyl (C=S) groups is 1. The number of nitrogens with one attached hydrogen (secondary N) is 2. The van der Waals surface area contributed by atoms with Crippen LogP contribution in [0.4, 0.5) is 5.69 Å². The van der Waals surface area contributed by atoms with Gasteiger partial charge < -0.3 is 10.6 Å². The average molecular weight is 345 g/mol. The Hall–Kier alpha value is -0.510. The Morgan fingerprint density at radius 3 is 2.67 bits per heavy atom. The molecule has 0 bridgehead atoms. The number of rotatable bonds is 2. The van der Waals surface area contributed by atoms with E-state index in [1.807, 2.05) is 12.1 Å². The van der Waals surface area contributed by atoms with Crippen molar-refractivity contribution in [2.45, 2.75) is 46.1 Å². The second-order valence-electron chi connectivity index (χ2n) is 6.81. The highest BCUT2D eigenvalue weighted by Crippen LogP contribution is 2.38. The molecule has 1 aliphatic rings. The van der Waals surface area contributed by atoms with Gasteiger partial charge in [0.15, 0.2) is 5.11 Å². The molecule has 2 N–H and O–H groups in total. The van der Waals surface area contributed by atoms with Crippen LogP contribution in [0.1, 0.15) is 40.0 Å². The highest BCUT2D eigenvalue weighted by molar-refractivity contribution is 7.80. The molecule has 1 saturated carbocycles. The first-order valence-electron chi connectivity index (χ1n) is 7.28. The van der Waals surface area contributed by atoms with E-state index < -0.39 is 0 Å². The summed E-state index contributed by atoms with van der Waals surface area (Å²) in [5.74, 6) is 0.712. The molecule has 1 fully saturated rings. The predicted molar refractivity (Wildman–Crippen MR) is 96.4 cm³/mol. The molecule has 2 rings (SSSR count). The van der Waals surface area contributed by atoms with Gasteiger partial charge in [-0.15, -0.1) is 0 Å². The minimum absolute atomic E-state index is 0.360. The van der Waals surface area contributed by atoms with Gasteiger partial charge in [-0.2, -0.15) is 0 Å². The standard InChI is InChI=1S/C16H22Cl2N2S/c1-10-7-11(9-16(2,3)8-10)19-15(21)20-13-6-4-5-12(17)14(13)18/h4-6,10-11H,7-9H2,1-3H3,(H2,19,20,21). The van der Waals surface area contributed by atoms with Crippen molar-refractivity contribution in [3.05, 3.63) is 28.2 Å². The van der Waals surface area contributed by atoms with Gasteiger partial charge in [0.05, 0.1) is 15.7 Å². The van der Waals surface area contributed by atoms with Gasteiger partial charge in [-0.3, -0.25) is 0 Å². The van der Waals surface area contributed by atoms with E-state index in [1.165, 1.54) is 6.42 Å². The number of anilines is 1. The van der Waals surface area contributed by atoms with Crippen LogP contribution in [-0.2, 0) is 0 Å². The van der Waals surface area contributed by atoms with Crippen molar-refractivity contribution in [3.63, 3.8) is 0 Å². The third-order valence-corrected chi connectivity index (χ3v) is 4.96. The molecule has 0 radical (unpaired) electrons. The van der Waals surface area contributed by atoms with E-state index >= 15 is 0 Å². The first-order valence-corrected chi connectivity index (χ1v) is 8.45. The molecule has 1 aliphatic carbocycles. The maximum Gasteiger partial charge on any atom is 0.171 e. The first kappa shape index (κ1) is 16.9. The molecule has 116 valence electrons. The second kappa shape index (κ2) is 6.72. The summed E-state index contributed by atoms with van der Waals surface area (Å²) >= 11 is 17.6. The molecule has 0 saturated heterocycles. The summed E-state index contributed by atoms with van der Waals surface area (Å²) < 4.78 is 0. The van der Waals surface area contributed by atoms with Gasteiger partial charge in [0, 0.05) is 6.04 Å². The van der Waals surface area contributed by atoms with Gasteiger partial charge in [-0.25, -0.2) is 0 Å². The van der Waals surface area contributed by atoms with E-state index in [-0.39, 0.29) is 0 Å². The summed E-state index contributed by atoms with van der Waals surface area (Å²) in [6.45, 7) is 6.95. The quantitative estimate of drug-likeness (QED) is 0.693. The SMILES string of the molecule is CC1CC(NC(=S)Nc2cccc(Cl)c2Cl)CC(C)(C)C1. The number of hydrogen-bond acceptors (Lipinski definition) is 1. The molecule has 2 nitrogen and oxygen atoms in total. The summed E-state index contributed by atoms with van der Waals surface area (Å²) in [6.07, 6.45) is 3.54. The van der Waals surface area contributed by atoms with Gasteiger partial charge in [-0.1, -0.05) is 50.0 Å². The first-order chi connectivity index (χ1) is 9.77. The fourth-order valence-electron chi connectivity index (χ4n) is 3.40. The maximum absolute atomic E-state index is 6.17. The summed E-state index contributed by atoms with van der Waals surface area (Å²) in [4.78, 5) is 0. The summed E-state index contributed by atoms with van der Waals surface area (Å²) in [7, 11) is 0. The molecule has 0 heterocycles. The van der Waals surface area contributed by atoms with E-state index in [4.69, 9.17) is 35.4 Å². The van der Waals surface area contributed by atoms with Crippen LogP contribution in [0.15, 0.2) is 18.2 Å². The zero-order valence-corrected chi connectivity index (χ0v) is 15.0. The Bertz CT molecular complexity index is 531. The minimum atomic E-state index is 0.360. The Kier molecular flexibility index (Phi) is 5.39. The van der Waals surface area contributed by atoms with Crippen molar-refractivity contribution < 1.29 is 0 Å². The van der Waals surface area contributed by atoms with Gasteiger partial charge in [0.1, 0.15) is 0 Å². The highest BCUT2D eigenvalue weighted by atomic mass is 35.5. The third kappa shape index (κ3) is 4.73. The zero-order chi connectivity index (χ0) is 15.6. The summed E-state index contributed by atoms with van der Waals surface area (Å²) in [6, 6.07) is 5.89. The van der Waals surface area contributed by atoms with E-state index in [9.17, 15) is 0 Å². The molecule has 5 heteroatoms. The molecule has 0 aromatic heterocycles. The second-order valence-corrected chi connectivity index (χ2v) is 8.00. The average Bonchev–Trinajstić information content (AvgIpc) is 2.32. The van der Waals surface area contributed by atoms with E-state index in [0.717, 1.165) is 18.5 Å². The monoisotopic (exact) mass is 344 g/mol. The molecule has 2 unspecified atom stereocenters. The van der Waals surface area contributed by atoms with Crippen LogP contribution >= 0.6 is 35.4 Å². The van der Waals surface area contributed by atoms with Crippen molar-refractivity contribution in [3.8, 4) is 0 Å². The number of halogens is 2. The normalized spacial score (nSPS) is 24.4. The van der Waals surface area contributed by atoms with Gasteiger partial charge in [0.25, 0.3) is 0 Å². The Balaban J connectivity index is 1.97. The maximum atomic E-state index is 6.17. The molecule has 1 aromatic rings. The smallest absolute Gasteiger partial charge is 0.171 e. The molecule has 21 heavy (non-hydrogen) atoms. The van der Waals surface area contributed by atoms with Gasteiger partial charge in [-0.05, 0) is 54.9 Å². The minimum Gasteiger partial charge on any atom is -0.360 e. The fraction of sp³-hybridized carbons (Fsp3) is 0.562. The van der Waals surface area contributed by atoms with Crippen LogP contribution in [0, 0.1) is 11.3 Å². The Morgan fingerprint density at radius 1 is 1.29 bits per heavy atom. The van der Waals surface area contributed by atoms with Gasteiger partial charge in [0.2, 0.25) is 0 Å². The van der Waals surface area contributed by atoms with E-state index in [2.05, 4.69) is 31.4 Å². The Morgan fingerprint density at radius 2 is 2.00 bits per heavy atom. The lowest BCUT2D eigenvalue weighted by Crippen LogP contribution is -2.44. The van der Waals surface area contributed by atoms with E-state index in [0.29, 0.717) is 32.5 Å². The molecular formula is C16H22Cl2N2S. The lowest BCUT2D eigenvalue weighted by atomic mass is 9.71. The zero-order valence-electron chi connectivity index (χ0n) is 12.7. The Labute approximate surface area is 142 Å². The predicted octanol–water partition coefficient (Wildman–Crippen LogP) is 5.49. The molecular weight excluding hydrogens is 323 g/mol. The van der Waals surface area contributed by atoms with Crippen molar-refractivity contribution in [2.24, 2.45) is 11.3 Å². The fourth-order valence-corrected chi connectivity index (χ4v) is 4.02. The molecule has 0 spiro atoms. The summed E-state index contributed by atoms with van der Waals surface area (Å²) in [5, 5.41) is 8.19. The van der Waals surface area contributed by atoms with Crippen LogP contribution < -0.4 is 10.6 Å². The van der Waals surface area contributed by atoms with E-state index in [1.54, 1.807) is 6.07 Å². The van der Waals surface area contributed by atoms with Gasteiger partial charge >= 0.3 is 0 Å². The number of hydrogen-bond donors (Lipinski definition) is 2. The third-order valence-electron chi connectivity index (χ3n) is 3.92. The van der Waals surface area contributed by atoms with Crippen LogP contribution in [0.2, 0.25) is 10.0 Å². The topological polar surface area (TPSA) is 24.1 Å². The lowest BCUT2D eigenvalue weighted by molar-refractivity contribution is 0.162. The number of benzene rings is 1. The van der Waals surface area contributed by atoms with Crippen molar-refractivity contribution >= 4 is 46.2 Å².